The molecule has 2 heterocycles. The van der Waals surface area contributed by atoms with Crippen LogP contribution in [0.2, 0.25) is 0 Å². The summed E-state index contributed by atoms with van der Waals surface area (Å²) in [4.78, 5) is 0. The predicted octanol–water partition coefficient (Wildman–Crippen LogP) is 1.42. The van der Waals surface area contributed by atoms with Gasteiger partial charge in [0, 0.05) is 26.0 Å². The molecule has 0 fully saturated rings. The van der Waals surface area contributed by atoms with E-state index < -0.39 is 0 Å². The molecule has 80 valence electrons. The Morgan fingerprint density at radius 3 is 2.27 bits per heavy atom. The number of aryl methyl sites for hydroxylation is 4. The molecular weight excluding hydrogens is 188 g/mol. The maximum Gasteiger partial charge on any atom is 0.0521 e. The second-order valence-corrected chi connectivity index (χ2v) is 3.73. The van der Waals surface area contributed by atoms with Crippen molar-refractivity contribution in [3.8, 4) is 0 Å². The molecule has 0 spiro atoms. The van der Waals surface area contributed by atoms with Gasteiger partial charge < -0.3 is 0 Å². The van der Waals surface area contributed by atoms with E-state index in [0.29, 0.717) is 0 Å². The van der Waals surface area contributed by atoms with Crippen molar-refractivity contribution in [2.45, 2.75) is 26.3 Å². The molecule has 2 rings (SSSR count). The Morgan fingerprint density at radius 2 is 1.73 bits per heavy atom. The van der Waals surface area contributed by atoms with Crippen molar-refractivity contribution in [1.29, 1.82) is 0 Å². The smallest absolute Gasteiger partial charge is 0.0521 e. The van der Waals surface area contributed by atoms with Gasteiger partial charge in [0.15, 0.2) is 0 Å². The lowest BCUT2D eigenvalue weighted by molar-refractivity contribution is 0.659. The first-order chi connectivity index (χ1) is 7.28. The molecule has 0 aliphatic heterocycles. The van der Waals surface area contributed by atoms with Gasteiger partial charge in [0.1, 0.15) is 0 Å². The van der Waals surface area contributed by atoms with Crippen molar-refractivity contribution in [3.05, 3.63) is 35.9 Å². The lowest BCUT2D eigenvalue weighted by Gasteiger charge is -1.94. The van der Waals surface area contributed by atoms with Crippen LogP contribution in [0.4, 0.5) is 0 Å². The Kier molecular flexibility index (Phi) is 2.85. The van der Waals surface area contributed by atoms with Gasteiger partial charge in [-0.2, -0.15) is 10.2 Å². The van der Waals surface area contributed by atoms with Crippen LogP contribution in [0.25, 0.3) is 0 Å². The van der Waals surface area contributed by atoms with Crippen LogP contribution < -0.4 is 0 Å². The third-order valence-electron chi connectivity index (χ3n) is 2.47. The van der Waals surface area contributed by atoms with Crippen LogP contribution in [-0.2, 0) is 26.4 Å². The number of nitrogens with zero attached hydrogens (tertiary/aromatic N) is 4. The average molecular weight is 204 g/mol. The number of hydrogen-bond acceptors (Lipinski definition) is 2. The third-order valence-corrected chi connectivity index (χ3v) is 2.47. The fourth-order valence-corrected chi connectivity index (χ4v) is 1.60. The van der Waals surface area contributed by atoms with Crippen LogP contribution >= 0.6 is 0 Å². The Hall–Kier alpha value is -1.58. The maximum absolute atomic E-state index is 4.25. The van der Waals surface area contributed by atoms with Crippen molar-refractivity contribution in [2.24, 2.45) is 7.05 Å². The van der Waals surface area contributed by atoms with Crippen molar-refractivity contribution in [3.63, 3.8) is 0 Å². The van der Waals surface area contributed by atoms with E-state index in [1.807, 2.05) is 28.8 Å². The topological polar surface area (TPSA) is 35.6 Å². The summed E-state index contributed by atoms with van der Waals surface area (Å²) in [7, 11) is 1.94. The molecule has 2 aromatic rings. The van der Waals surface area contributed by atoms with E-state index in [2.05, 4.69) is 29.5 Å². The normalized spacial score (nSPS) is 10.8. The van der Waals surface area contributed by atoms with E-state index in [9.17, 15) is 0 Å². The summed E-state index contributed by atoms with van der Waals surface area (Å²) in [5, 5.41) is 8.39. The summed E-state index contributed by atoms with van der Waals surface area (Å²) in [5.74, 6) is 0. The van der Waals surface area contributed by atoms with Crippen molar-refractivity contribution in [1.82, 2.24) is 19.6 Å². The van der Waals surface area contributed by atoms with E-state index in [-0.39, 0.29) is 0 Å². The molecule has 0 bridgehead atoms. The number of rotatable bonds is 4. The van der Waals surface area contributed by atoms with Gasteiger partial charge in [0.05, 0.1) is 12.4 Å². The first kappa shape index (κ1) is 9.96. The van der Waals surface area contributed by atoms with Crippen LogP contribution in [0.5, 0.6) is 0 Å². The van der Waals surface area contributed by atoms with Gasteiger partial charge in [0.25, 0.3) is 0 Å². The lowest BCUT2D eigenvalue weighted by atomic mass is 10.1. The Labute approximate surface area is 89.5 Å². The molecule has 0 aliphatic rings. The standard InChI is InChI=1S/C11H16N4/c1-3-15-9-11(7-13-15)5-4-10-6-12-14(2)8-10/h6-9H,3-5H2,1-2H3. The van der Waals surface area contributed by atoms with Gasteiger partial charge in [-0.15, -0.1) is 0 Å². The molecule has 4 nitrogen and oxygen atoms in total. The van der Waals surface area contributed by atoms with Gasteiger partial charge in [-0.1, -0.05) is 0 Å². The fraction of sp³-hybridized carbons (Fsp3) is 0.455. The zero-order valence-corrected chi connectivity index (χ0v) is 9.22. The molecular formula is C11H16N4. The summed E-state index contributed by atoms with van der Waals surface area (Å²) in [6, 6.07) is 0. The van der Waals surface area contributed by atoms with Crippen molar-refractivity contribution >= 4 is 0 Å². The molecule has 0 saturated carbocycles. The SMILES string of the molecule is CCn1cc(CCc2cnn(C)c2)cn1. The molecule has 4 heteroatoms. The van der Waals surface area contributed by atoms with E-state index in [4.69, 9.17) is 0 Å². The van der Waals surface area contributed by atoms with Crippen LogP contribution in [0.3, 0.4) is 0 Å². The van der Waals surface area contributed by atoms with Gasteiger partial charge in [-0.05, 0) is 30.9 Å². The highest BCUT2D eigenvalue weighted by Crippen LogP contribution is 2.05. The molecule has 15 heavy (non-hydrogen) atoms. The maximum atomic E-state index is 4.25. The molecule has 0 aromatic carbocycles. The summed E-state index contributed by atoms with van der Waals surface area (Å²) in [6.45, 7) is 3.03. The molecule has 0 atom stereocenters. The summed E-state index contributed by atoms with van der Waals surface area (Å²) >= 11 is 0. The first-order valence-corrected chi connectivity index (χ1v) is 5.27. The zero-order valence-electron chi connectivity index (χ0n) is 9.22. The van der Waals surface area contributed by atoms with Crippen LogP contribution in [0.1, 0.15) is 18.1 Å². The molecule has 0 amide bonds. The number of hydrogen-bond donors (Lipinski definition) is 0. The minimum atomic E-state index is 0.937. The summed E-state index contributed by atoms with van der Waals surface area (Å²) in [6.07, 6.45) is 10.1. The highest BCUT2D eigenvalue weighted by atomic mass is 15.3. The third kappa shape index (κ3) is 2.46. The molecule has 0 radical (unpaired) electrons. The number of aromatic nitrogens is 4. The Bertz CT molecular complexity index is 427. The highest BCUT2D eigenvalue weighted by Gasteiger charge is 2.00. The average Bonchev–Trinajstić information content (AvgIpc) is 2.83. The van der Waals surface area contributed by atoms with Gasteiger partial charge in [0.2, 0.25) is 0 Å². The van der Waals surface area contributed by atoms with E-state index >= 15 is 0 Å². The van der Waals surface area contributed by atoms with Crippen LogP contribution in [0.15, 0.2) is 24.8 Å². The van der Waals surface area contributed by atoms with Crippen molar-refractivity contribution < 1.29 is 0 Å². The lowest BCUT2D eigenvalue weighted by Crippen LogP contribution is -1.93. The molecule has 2 aromatic heterocycles. The summed E-state index contributed by atoms with van der Waals surface area (Å²) < 4.78 is 3.80. The van der Waals surface area contributed by atoms with Gasteiger partial charge in [-0.3, -0.25) is 9.36 Å². The predicted molar refractivity (Wildman–Crippen MR) is 58.5 cm³/mol. The highest BCUT2D eigenvalue weighted by molar-refractivity contribution is 5.10. The van der Waals surface area contributed by atoms with E-state index in [1.165, 1.54) is 11.1 Å². The quantitative estimate of drug-likeness (QED) is 0.755. The molecule has 0 N–H and O–H groups in total. The van der Waals surface area contributed by atoms with Crippen molar-refractivity contribution in [2.75, 3.05) is 0 Å². The van der Waals surface area contributed by atoms with Crippen LogP contribution in [0, 0.1) is 0 Å². The fourth-order valence-electron chi connectivity index (χ4n) is 1.60. The molecule has 0 unspecified atom stereocenters. The van der Waals surface area contributed by atoms with E-state index in [1.54, 1.807) is 0 Å². The minimum Gasteiger partial charge on any atom is -0.276 e. The Morgan fingerprint density at radius 1 is 1.07 bits per heavy atom. The molecule has 0 saturated heterocycles. The summed E-state index contributed by atoms with van der Waals surface area (Å²) in [5.41, 5.74) is 2.57. The Balaban J connectivity index is 1.93. The van der Waals surface area contributed by atoms with Gasteiger partial charge >= 0.3 is 0 Å². The van der Waals surface area contributed by atoms with E-state index in [0.717, 1.165) is 19.4 Å². The second kappa shape index (κ2) is 4.29. The van der Waals surface area contributed by atoms with Crippen LogP contribution in [-0.4, -0.2) is 19.6 Å². The zero-order chi connectivity index (χ0) is 10.7. The first-order valence-electron chi connectivity index (χ1n) is 5.27. The molecule has 0 aliphatic carbocycles. The minimum absolute atomic E-state index is 0.937. The largest absolute Gasteiger partial charge is 0.276 e. The monoisotopic (exact) mass is 204 g/mol. The van der Waals surface area contributed by atoms with Gasteiger partial charge in [-0.25, -0.2) is 0 Å². The second-order valence-electron chi connectivity index (χ2n) is 3.73.